The third-order valence-electron chi connectivity index (χ3n) is 3.79. The van der Waals surface area contributed by atoms with Gasteiger partial charge in [-0.1, -0.05) is 36.0 Å². The number of methoxy groups -OCH3 is 1. The van der Waals surface area contributed by atoms with Crippen LogP contribution < -0.4 is 10.1 Å². The van der Waals surface area contributed by atoms with E-state index in [0.717, 1.165) is 25.7 Å². The van der Waals surface area contributed by atoms with Gasteiger partial charge in [0, 0.05) is 6.04 Å². The second-order valence-electron chi connectivity index (χ2n) is 5.51. The molecule has 7 heteroatoms. The fourth-order valence-corrected chi connectivity index (χ4v) is 3.18. The van der Waals surface area contributed by atoms with Gasteiger partial charge in [-0.15, -0.1) is 0 Å². The van der Waals surface area contributed by atoms with E-state index in [1.54, 1.807) is 0 Å². The van der Waals surface area contributed by atoms with Crippen molar-refractivity contribution in [3.8, 4) is 5.75 Å². The summed E-state index contributed by atoms with van der Waals surface area (Å²) in [6.07, 6.45) is 3.28. The molecule has 0 spiro atoms. The van der Waals surface area contributed by atoms with E-state index in [-0.39, 0.29) is 33.3 Å². The normalized spacial score (nSPS) is 16.0. The van der Waals surface area contributed by atoms with Crippen LogP contribution in [-0.4, -0.2) is 31.1 Å². The monoisotopic (exact) mass is 359 g/mol. The molecule has 1 aliphatic carbocycles. The molecule has 0 saturated heterocycles. The molecule has 126 valence electrons. The molecule has 0 aliphatic heterocycles. The minimum absolute atomic E-state index is 0.168. The lowest BCUT2D eigenvalue weighted by atomic mass is 10.2. The van der Waals surface area contributed by atoms with Crippen LogP contribution in [0.3, 0.4) is 0 Å². The van der Waals surface area contributed by atoms with Crippen molar-refractivity contribution in [1.82, 2.24) is 5.32 Å². The van der Waals surface area contributed by atoms with E-state index in [2.05, 4.69) is 5.32 Å². The third kappa shape index (κ3) is 4.52. The van der Waals surface area contributed by atoms with Crippen molar-refractivity contribution in [2.45, 2.75) is 44.8 Å². The summed E-state index contributed by atoms with van der Waals surface area (Å²) in [5.74, 6) is -0.668. The average Bonchev–Trinajstić information content (AvgIpc) is 2.99. The van der Waals surface area contributed by atoms with Crippen LogP contribution in [0.15, 0.2) is 12.1 Å². The number of hydrogen-bond acceptors (Lipinski definition) is 4. The molecule has 1 saturated carbocycles. The van der Waals surface area contributed by atoms with Crippen LogP contribution in [-0.2, 0) is 9.53 Å². The van der Waals surface area contributed by atoms with E-state index in [1.807, 2.05) is 0 Å². The summed E-state index contributed by atoms with van der Waals surface area (Å²) in [5, 5.41) is 3.30. The molecule has 1 atom stereocenters. The Balaban J connectivity index is 1.99. The maximum Gasteiger partial charge on any atom is 0.339 e. The Hall–Kier alpha value is -1.46. The Morgan fingerprint density at radius 3 is 2.30 bits per heavy atom. The molecule has 0 unspecified atom stereocenters. The van der Waals surface area contributed by atoms with Gasteiger partial charge < -0.3 is 14.8 Å². The van der Waals surface area contributed by atoms with Gasteiger partial charge in [0.1, 0.15) is 0 Å². The number of ether oxygens (including phenoxy) is 2. The summed E-state index contributed by atoms with van der Waals surface area (Å²) in [6.45, 7) is 1.54. The molecular formula is C16H19Cl2NO4. The lowest BCUT2D eigenvalue weighted by Crippen LogP contribution is -2.40. The van der Waals surface area contributed by atoms with Crippen molar-refractivity contribution in [1.29, 1.82) is 0 Å². The molecule has 0 heterocycles. The molecule has 1 N–H and O–H groups in total. The predicted molar refractivity (Wildman–Crippen MR) is 88.3 cm³/mol. The highest BCUT2D eigenvalue weighted by Gasteiger charge is 2.24. The number of rotatable bonds is 5. The maximum atomic E-state index is 12.1. The largest absolute Gasteiger partial charge is 0.494 e. The number of amides is 1. The fourth-order valence-electron chi connectivity index (χ4n) is 2.54. The Morgan fingerprint density at radius 2 is 1.78 bits per heavy atom. The van der Waals surface area contributed by atoms with E-state index in [4.69, 9.17) is 32.7 Å². The summed E-state index contributed by atoms with van der Waals surface area (Å²) < 4.78 is 10.2. The molecular weight excluding hydrogens is 341 g/mol. The lowest BCUT2D eigenvalue weighted by Gasteiger charge is -2.17. The zero-order chi connectivity index (χ0) is 17.0. The van der Waals surface area contributed by atoms with Gasteiger partial charge >= 0.3 is 5.97 Å². The summed E-state index contributed by atoms with van der Waals surface area (Å²) in [7, 11) is 1.43. The molecule has 0 bridgehead atoms. The number of carbonyl (C=O) groups is 2. The molecule has 2 rings (SSSR count). The van der Waals surface area contributed by atoms with Crippen LogP contribution in [0.2, 0.25) is 10.0 Å². The smallest absolute Gasteiger partial charge is 0.339 e. The molecule has 1 aromatic rings. The number of carbonyl (C=O) groups excluding carboxylic acids is 2. The molecule has 1 aliphatic rings. The minimum atomic E-state index is -0.886. The van der Waals surface area contributed by atoms with Gasteiger partial charge in [0.15, 0.2) is 11.9 Å². The van der Waals surface area contributed by atoms with Crippen molar-refractivity contribution in [2.75, 3.05) is 7.11 Å². The Bertz CT molecular complexity index is 577. The Kier molecular flexibility index (Phi) is 6.13. The van der Waals surface area contributed by atoms with Crippen molar-refractivity contribution in [2.24, 2.45) is 0 Å². The van der Waals surface area contributed by atoms with Crippen molar-refractivity contribution >= 4 is 35.1 Å². The first-order chi connectivity index (χ1) is 10.9. The first-order valence-electron chi connectivity index (χ1n) is 7.46. The second kappa shape index (κ2) is 7.88. The van der Waals surface area contributed by atoms with Gasteiger partial charge in [0.2, 0.25) is 0 Å². The number of benzene rings is 1. The predicted octanol–water partition coefficient (Wildman–Crippen LogP) is 3.61. The first kappa shape index (κ1) is 17.9. The van der Waals surface area contributed by atoms with Crippen molar-refractivity contribution < 1.29 is 19.1 Å². The number of halogens is 2. The Labute approximate surface area is 145 Å². The lowest BCUT2D eigenvalue weighted by molar-refractivity contribution is -0.129. The molecule has 1 aromatic carbocycles. The van der Waals surface area contributed by atoms with E-state index in [0.29, 0.717) is 0 Å². The van der Waals surface area contributed by atoms with E-state index < -0.39 is 12.1 Å². The van der Waals surface area contributed by atoms with Crippen LogP contribution in [0.25, 0.3) is 0 Å². The van der Waals surface area contributed by atoms with Crippen LogP contribution in [0.5, 0.6) is 5.75 Å². The number of nitrogens with one attached hydrogen (secondary N) is 1. The quantitative estimate of drug-likeness (QED) is 0.815. The molecule has 5 nitrogen and oxygen atoms in total. The summed E-state index contributed by atoms with van der Waals surface area (Å²) in [6, 6.07) is 2.97. The first-order valence-corrected chi connectivity index (χ1v) is 8.22. The zero-order valence-corrected chi connectivity index (χ0v) is 14.5. The van der Waals surface area contributed by atoms with Crippen LogP contribution >= 0.6 is 23.2 Å². The zero-order valence-electron chi connectivity index (χ0n) is 13.0. The maximum absolute atomic E-state index is 12.1. The van der Waals surface area contributed by atoms with Gasteiger partial charge in [-0.3, -0.25) is 4.79 Å². The number of hydrogen-bond donors (Lipinski definition) is 1. The summed E-state index contributed by atoms with van der Waals surface area (Å²) in [5.41, 5.74) is 0.168. The van der Waals surface area contributed by atoms with Gasteiger partial charge in [-0.2, -0.15) is 0 Å². The van der Waals surface area contributed by atoms with Gasteiger partial charge in [0.25, 0.3) is 5.91 Å². The van der Waals surface area contributed by atoms with Gasteiger partial charge in [-0.25, -0.2) is 4.79 Å². The van der Waals surface area contributed by atoms with Crippen molar-refractivity contribution in [3.63, 3.8) is 0 Å². The molecule has 1 fully saturated rings. The molecule has 0 aromatic heterocycles. The third-order valence-corrected chi connectivity index (χ3v) is 4.35. The van der Waals surface area contributed by atoms with E-state index in [1.165, 1.54) is 26.2 Å². The highest BCUT2D eigenvalue weighted by Crippen LogP contribution is 2.34. The fraction of sp³-hybridized carbons (Fsp3) is 0.500. The highest BCUT2D eigenvalue weighted by molar-refractivity contribution is 6.37. The average molecular weight is 360 g/mol. The standard InChI is InChI=1S/C16H19Cl2NO4/c1-9(15(20)19-11-5-3-4-6-11)23-16(21)10-7-12(17)14(22-2)13(18)8-10/h7-9,11H,3-6H2,1-2H3,(H,19,20)/t9-/m0/s1. The molecule has 1 amide bonds. The second-order valence-corrected chi connectivity index (χ2v) is 6.33. The van der Waals surface area contributed by atoms with Crippen molar-refractivity contribution in [3.05, 3.63) is 27.7 Å². The topological polar surface area (TPSA) is 64.6 Å². The van der Waals surface area contributed by atoms with E-state index in [9.17, 15) is 9.59 Å². The summed E-state index contributed by atoms with van der Waals surface area (Å²) >= 11 is 12.0. The highest BCUT2D eigenvalue weighted by atomic mass is 35.5. The van der Waals surface area contributed by atoms with Crippen LogP contribution in [0.4, 0.5) is 0 Å². The Morgan fingerprint density at radius 1 is 1.22 bits per heavy atom. The molecule has 23 heavy (non-hydrogen) atoms. The van der Waals surface area contributed by atoms with Crippen LogP contribution in [0.1, 0.15) is 43.0 Å². The summed E-state index contributed by atoms with van der Waals surface area (Å²) in [4.78, 5) is 24.2. The van der Waals surface area contributed by atoms with Gasteiger partial charge in [0.05, 0.1) is 22.7 Å². The SMILES string of the molecule is COc1c(Cl)cc(C(=O)O[C@@H](C)C(=O)NC2CCCC2)cc1Cl. The minimum Gasteiger partial charge on any atom is -0.494 e. The molecule has 0 radical (unpaired) electrons. The number of esters is 1. The van der Waals surface area contributed by atoms with E-state index >= 15 is 0 Å². The van der Waals surface area contributed by atoms with Gasteiger partial charge in [-0.05, 0) is 31.9 Å². The van der Waals surface area contributed by atoms with Crippen LogP contribution in [0, 0.1) is 0 Å².